The fourth-order valence-corrected chi connectivity index (χ4v) is 1.86. The predicted molar refractivity (Wildman–Crippen MR) is 60.1 cm³/mol. The van der Waals surface area contributed by atoms with Crippen molar-refractivity contribution in [2.24, 2.45) is 11.7 Å². The third-order valence-corrected chi connectivity index (χ3v) is 2.58. The van der Waals surface area contributed by atoms with Crippen LogP contribution in [0, 0.1) is 5.92 Å². The Bertz CT molecular complexity index is 93.6. The van der Waals surface area contributed by atoms with Crippen LogP contribution >= 0.6 is 22.6 Å². The lowest BCUT2D eigenvalue weighted by Crippen LogP contribution is -2.30. The molecule has 0 heterocycles. The number of rotatable bonds is 5. The summed E-state index contributed by atoms with van der Waals surface area (Å²) in [7, 11) is 0. The average Bonchev–Trinajstić information content (AvgIpc) is 1.86. The first kappa shape index (κ1) is 11.7. The maximum Gasteiger partial charge on any atom is 0.00961 e. The molecule has 0 aliphatic rings. The Hall–Kier alpha value is 0.690. The van der Waals surface area contributed by atoms with Crippen molar-refractivity contribution in [2.75, 3.05) is 0 Å². The molecule has 0 amide bonds. The molecule has 0 saturated carbocycles. The van der Waals surface area contributed by atoms with Gasteiger partial charge in [-0.3, -0.25) is 0 Å². The quantitative estimate of drug-likeness (QED) is 0.602. The van der Waals surface area contributed by atoms with Crippen LogP contribution in [0.15, 0.2) is 0 Å². The molecule has 0 radical (unpaired) electrons. The van der Waals surface area contributed by atoms with Crippen molar-refractivity contribution in [1.82, 2.24) is 0 Å². The van der Waals surface area contributed by atoms with Gasteiger partial charge in [0, 0.05) is 9.97 Å². The zero-order valence-corrected chi connectivity index (χ0v) is 9.97. The van der Waals surface area contributed by atoms with Gasteiger partial charge in [0.2, 0.25) is 0 Å². The van der Waals surface area contributed by atoms with Crippen molar-refractivity contribution < 1.29 is 0 Å². The number of halogens is 1. The van der Waals surface area contributed by atoms with E-state index in [-0.39, 0.29) is 0 Å². The van der Waals surface area contributed by atoms with Gasteiger partial charge in [-0.1, -0.05) is 49.8 Å². The van der Waals surface area contributed by atoms with Crippen molar-refractivity contribution in [3.8, 4) is 0 Å². The van der Waals surface area contributed by atoms with Crippen molar-refractivity contribution in [3.05, 3.63) is 0 Å². The molecule has 0 fully saturated rings. The second kappa shape index (κ2) is 6.23. The summed E-state index contributed by atoms with van der Waals surface area (Å²) in [6, 6.07) is 0.404. The Morgan fingerprint density at radius 1 is 1.36 bits per heavy atom. The summed E-state index contributed by atoms with van der Waals surface area (Å²) < 4.78 is 0.710. The van der Waals surface area contributed by atoms with Gasteiger partial charge in [0.25, 0.3) is 0 Å². The molecule has 2 N–H and O–H groups in total. The van der Waals surface area contributed by atoms with Gasteiger partial charge in [0.15, 0.2) is 0 Å². The molecule has 11 heavy (non-hydrogen) atoms. The first-order chi connectivity index (χ1) is 5.07. The summed E-state index contributed by atoms with van der Waals surface area (Å²) in [4.78, 5) is 0. The smallest absolute Gasteiger partial charge is 0.00961 e. The molecule has 0 rings (SSSR count). The van der Waals surface area contributed by atoms with Gasteiger partial charge in [0.1, 0.15) is 0 Å². The molecule has 0 aromatic carbocycles. The van der Waals surface area contributed by atoms with E-state index in [9.17, 15) is 0 Å². The molecule has 3 unspecified atom stereocenters. The monoisotopic (exact) mass is 269 g/mol. The molecule has 3 atom stereocenters. The number of hydrogen-bond donors (Lipinski definition) is 1. The first-order valence-corrected chi connectivity index (χ1v) is 5.72. The standard InChI is InChI=1S/C9H20IN/c1-4-5-7(2)9(11)6-8(3)10/h7-9H,4-6,11H2,1-3H3. The van der Waals surface area contributed by atoms with Gasteiger partial charge in [-0.25, -0.2) is 0 Å². The van der Waals surface area contributed by atoms with Crippen LogP contribution in [0.4, 0.5) is 0 Å². The van der Waals surface area contributed by atoms with E-state index < -0.39 is 0 Å². The highest BCUT2D eigenvalue weighted by atomic mass is 127. The fourth-order valence-electron chi connectivity index (χ4n) is 1.28. The fraction of sp³-hybridized carbons (Fsp3) is 1.00. The van der Waals surface area contributed by atoms with E-state index in [0.717, 1.165) is 6.42 Å². The highest BCUT2D eigenvalue weighted by molar-refractivity contribution is 14.1. The highest BCUT2D eigenvalue weighted by Gasteiger charge is 2.13. The van der Waals surface area contributed by atoms with E-state index in [1.807, 2.05) is 0 Å². The third-order valence-electron chi connectivity index (χ3n) is 2.07. The van der Waals surface area contributed by atoms with E-state index in [0.29, 0.717) is 15.9 Å². The lowest BCUT2D eigenvalue weighted by atomic mass is 9.94. The predicted octanol–water partition coefficient (Wildman–Crippen LogP) is 2.96. The molecule has 0 aromatic rings. The first-order valence-electron chi connectivity index (χ1n) is 4.47. The molecule has 0 saturated heterocycles. The third kappa shape index (κ3) is 5.91. The molecule has 2 heteroatoms. The van der Waals surface area contributed by atoms with Crippen LogP contribution in [0.5, 0.6) is 0 Å². The topological polar surface area (TPSA) is 26.0 Å². The normalized spacial score (nSPS) is 19.4. The van der Waals surface area contributed by atoms with Crippen LogP contribution in [0.2, 0.25) is 0 Å². The lowest BCUT2D eigenvalue weighted by Gasteiger charge is -2.20. The zero-order chi connectivity index (χ0) is 8.85. The van der Waals surface area contributed by atoms with Crippen molar-refractivity contribution >= 4 is 22.6 Å². The van der Waals surface area contributed by atoms with E-state index in [1.165, 1.54) is 12.8 Å². The van der Waals surface area contributed by atoms with Crippen LogP contribution in [-0.4, -0.2) is 9.97 Å². The minimum Gasteiger partial charge on any atom is -0.327 e. The molecule has 0 aliphatic carbocycles. The molecule has 68 valence electrons. The molecule has 0 bridgehead atoms. The van der Waals surface area contributed by atoms with Crippen LogP contribution in [-0.2, 0) is 0 Å². The Balaban J connectivity index is 3.54. The minimum atomic E-state index is 0.404. The molecular formula is C9H20IN. The summed E-state index contributed by atoms with van der Waals surface area (Å²) in [6.07, 6.45) is 3.68. The Morgan fingerprint density at radius 3 is 2.27 bits per heavy atom. The van der Waals surface area contributed by atoms with E-state index in [2.05, 4.69) is 43.4 Å². The zero-order valence-electron chi connectivity index (χ0n) is 7.81. The van der Waals surface area contributed by atoms with Crippen molar-refractivity contribution in [1.29, 1.82) is 0 Å². The molecular weight excluding hydrogens is 249 g/mol. The average molecular weight is 269 g/mol. The van der Waals surface area contributed by atoms with Gasteiger partial charge in [0.05, 0.1) is 0 Å². The maximum absolute atomic E-state index is 6.00. The summed E-state index contributed by atoms with van der Waals surface area (Å²) in [5, 5.41) is 0. The molecule has 1 nitrogen and oxygen atoms in total. The summed E-state index contributed by atoms with van der Waals surface area (Å²) in [5.74, 6) is 0.692. The van der Waals surface area contributed by atoms with E-state index in [4.69, 9.17) is 5.73 Å². The summed E-state index contributed by atoms with van der Waals surface area (Å²) in [6.45, 7) is 6.70. The van der Waals surface area contributed by atoms with Gasteiger partial charge in [-0.2, -0.15) is 0 Å². The summed E-state index contributed by atoms with van der Waals surface area (Å²) >= 11 is 2.44. The highest BCUT2D eigenvalue weighted by Crippen LogP contribution is 2.16. The van der Waals surface area contributed by atoms with Gasteiger partial charge < -0.3 is 5.73 Å². The summed E-state index contributed by atoms with van der Waals surface area (Å²) in [5.41, 5.74) is 6.00. The van der Waals surface area contributed by atoms with Gasteiger partial charge in [-0.05, 0) is 18.8 Å². The lowest BCUT2D eigenvalue weighted by molar-refractivity contribution is 0.405. The number of nitrogens with two attached hydrogens (primary N) is 1. The van der Waals surface area contributed by atoms with E-state index >= 15 is 0 Å². The van der Waals surface area contributed by atoms with Gasteiger partial charge in [-0.15, -0.1) is 0 Å². The van der Waals surface area contributed by atoms with Crippen LogP contribution < -0.4 is 5.73 Å². The Labute approximate surface area is 84.3 Å². The number of hydrogen-bond acceptors (Lipinski definition) is 1. The molecule has 0 aromatic heterocycles. The molecule has 0 spiro atoms. The Morgan fingerprint density at radius 2 is 1.91 bits per heavy atom. The van der Waals surface area contributed by atoms with Gasteiger partial charge >= 0.3 is 0 Å². The van der Waals surface area contributed by atoms with Crippen molar-refractivity contribution in [3.63, 3.8) is 0 Å². The SMILES string of the molecule is CCCC(C)C(N)CC(C)I. The van der Waals surface area contributed by atoms with Crippen LogP contribution in [0.1, 0.15) is 40.0 Å². The van der Waals surface area contributed by atoms with Crippen molar-refractivity contribution in [2.45, 2.75) is 50.0 Å². The second-order valence-corrected chi connectivity index (χ2v) is 5.57. The van der Waals surface area contributed by atoms with Crippen LogP contribution in [0.25, 0.3) is 0 Å². The minimum absolute atomic E-state index is 0.404. The number of alkyl halides is 1. The Kier molecular flexibility index (Phi) is 6.62. The van der Waals surface area contributed by atoms with Crippen LogP contribution in [0.3, 0.4) is 0 Å². The largest absolute Gasteiger partial charge is 0.327 e. The maximum atomic E-state index is 6.00. The second-order valence-electron chi connectivity index (χ2n) is 3.45. The van der Waals surface area contributed by atoms with E-state index in [1.54, 1.807) is 0 Å². The molecule has 0 aliphatic heterocycles.